The van der Waals surface area contributed by atoms with Gasteiger partial charge in [0, 0.05) is 0 Å². The molecule has 0 bridgehead atoms. The Morgan fingerprint density at radius 1 is 1.35 bits per heavy atom. The van der Waals surface area contributed by atoms with E-state index in [1.165, 1.54) is 17.0 Å². The zero-order chi connectivity index (χ0) is 12.0. The van der Waals surface area contributed by atoms with Gasteiger partial charge in [-0.3, -0.25) is 4.79 Å². The van der Waals surface area contributed by atoms with E-state index < -0.39 is 11.4 Å². The highest BCUT2D eigenvalue weighted by atomic mass is 19.1. The third-order valence-corrected chi connectivity index (χ3v) is 3.66. The summed E-state index contributed by atoms with van der Waals surface area (Å²) in [6, 6.07) is 5.96. The van der Waals surface area contributed by atoms with E-state index in [4.69, 9.17) is 0 Å². The van der Waals surface area contributed by atoms with Crippen LogP contribution in [-0.4, -0.2) is 34.6 Å². The predicted octanol–water partition coefficient (Wildman–Crippen LogP) is 1.42. The summed E-state index contributed by atoms with van der Waals surface area (Å²) in [4.78, 5) is 13.5. The zero-order valence-electron chi connectivity index (χ0n) is 9.40. The fourth-order valence-corrected chi connectivity index (χ4v) is 2.44. The molecule has 17 heavy (non-hydrogen) atoms. The Labute approximate surface area is 98.9 Å². The maximum Gasteiger partial charge on any atom is 0.257 e. The number of carbonyl (C=O) groups is 1. The van der Waals surface area contributed by atoms with Crippen LogP contribution >= 0.6 is 0 Å². The fraction of sp³-hybridized carbons (Fsp3) is 0.462. The van der Waals surface area contributed by atoms with Crippen molar-refractivity contribution >= 4 is 5.91 Å². The van der Waals surface area contributed by atoms with E-state index in [0.29, 0.717) is 19.0 Å². The molecular formula is C13H14FNO2. The van der Waals surface area contributed by atoms with Crippen molar-refractivity contribution in [1.82, 2.24) is 4.90 Å². The lowest BCUT2D eigenvalue weighted by Crippen LogP contribution is -2.64. The first-order valence-electron chi connectivity index (χ1n) is 5.86. The second-order valence-electron chi connectivity index (χ2n) is 5.02. The lowest BCUT2D eigenvalue weighted by molar-refractivity contribution is -0.0959. The maximum absolute atomic E-state index is 13.4. The molecule has 4 heteroatoms. The number of likely N-dealkylation sites (tertiary alicyclic amines) is 1. The van der Waals surface area contributed by atoms with Crippen LogP contribution in [0.15, 0.2) is 24.3 Å². The Bertz CT molecular complexity index is 464. The third kappa shape index (κ3) is 1.72. The lowest BCUT2D eigenvalue weighted by atomic mass is 9.88. The average molecular weight is 235 g/mol. The quantitative estimate of drug-likeness (QED) is 0.842. The van der Waals surface area contributed by atoms with E-state index in [2.05, 4.69) is 0 Å². The minimum atomic E-state index is -0.707. The van der Waals surface area contributed by atoms with E-state index >= 15 is 0 Å². The van der Waals surface area contributed by atoms with Crippen LogP contribution in [0.5, 0.6) is 0 Å². The molecule has 1 heterocycles. The van der Waals surface area contributed by atoms with Gasteiger partial charge in [0.2, 0.25) is 0 Å². The molecule has 1 aliphatic heterocycles. The fourth-order valence-electron chi connectivity index (χ4n) is 2.44. The number of benzene rings is 1. The molecule has 1 aromatic rings. The summed E-state index contributed by atoms with van der Waals surface area (Å²) in [5.74, 6) is -0.486. The summed E-state index contributed by atoms with van der Waals surface area (Å²) in [5, 5.41) is 10.1. The highest BCUT2D eigenvalue weighted by Crippen LogP contribution is 2.44. The molecule has 1 N–H and O–H groups in total. The van der Waals surface area contributed by atoms with Crippen molar-refractivity contribution in [3.8, 4) is 0 Å². The topological polar surface area (TPSA) is 40.5 Å². The van der Waals surface area contributed by atoms with Crippen LogP contribution in [0.4, 0.5) is 4.39 Å². The smallest absolute Gasteiger partial charge is 0.257 e. The van der Waals surface area contributed by atoms with Crippen molar-refractivity contribution in [2.45, 2.75) is 18.4 Å². The number of nitrogens with zero attached hydrogens (tertiary/aromatic N) is 1. The number of rotatable bonds is 2. The van der Waals surface area contributed by atoms with Crippen LogP contribution in [0.2, 0.25) is 0 Å². The van der Waals surface area contributed by atoms with Gasteiger partial charge in [0.25, 0.3) is 5.91 Å². The monoisotopic (exact) mass is 235 g/mol. The van der Waals surface area contributed by atoms with E-state index in [1.807, 2.05) is 0 Å². The van der Waals surface area contributed by atoms with E-state index in [0.717, 1.165) is 12.8 Å². The molecule has 2 aliphatic rings. The molecule has 1 aliphatic carbocycles. The molecule has 0 radical (unpaired) electrons. The van der Waals surface area contributed by atoms with Gasteiger partial charge < -0.3 is 10.0 Å². The Morgan fingerprint density at radius 2 is 2.00 bits per heavy atom. The van der Waals surface area contributed by atoms with E-state index in [-0.39, 0.29) is 11.5 Å². The Hall–Kier alpha value is -1.42. The maximum atomic E-state index is 13.4. The first-order valence-corrected chi connectivity index (χ1v) is 5.86. The number of hydrogen-bond donors (Lipinski definition) is 1. The van der Waals surface area contributed by atoms with Crippen molar-refractivity contribution in [3.63, 3.8) is 0 Å². The molecule has 0 atom stereocenters. The van der Waals surface area contributed by atoms with Crippen LogP contribution in [0.1, 0.15) is 23.2 Å². The minimum Gasteiger partial charge on any atom is -0.386 e. The standard InChI is InChI=1S/C13H14FNO2/c14-11-4-2-1-3-10(11)12(16)15-7-13(17,8-15)9-5-6-9/h1-4,9,17H,5-8H2. The normalized spacial score (nSPS) is 22.1. The highest BCUT2D eigenvalue weighted by molar-refractivity contribution is 5.95. The molecule has 1 aromatic carbocycles. The lowest BCUT2D eigenvalue weighted by Gasteiger charge is -2.47. The number of halogens is 1. The molecule has 3 nitrogen and oxygen atoms in total. The first kappa shape index (κ1) is 10.7. The van der Waals surface area contributed by atoms with Crippen LogP contribution in [-0.2, 0) is 0 Å². The van der Waals surface area contributed by atoms with Gasteiger partial charge in [0.05, 0.1) is 18.7 Å². The largest absolute Gasteiger partial charge is 0.386 e. The highest BCUT2D eigenvalue weighted by Gasteiger charge is 2.53. The van der Waals surface area contributed by atoms with Gasteiger partial charge in [0.15, 0.2) is 0 Å². The molecule has 1 amide bonds. The Balaban J connectivity index is 1.71. The molecule has 0 spiro atoms. The molecular weight excluding hydrogens is 221 g/mol. The molecule has 0 unspecified atom stereocenters. The van der Waals surface area contributed by atoms with Crippen molar-refractivity contribution in [2.24, 2.45) is 5.92 Å². The SMILES string of the molecule is O=C(c1ccccc1F)N1CC(O)(C2CC2)C1. The summed E-state index contributed by atoms with van der Waals surface area (Å²) < 4.78 is 13.4. The molecule has 3 rings (SSSR count). The van der Waals surface area contributed by atoms with Crippen molar-refractivity contribution in [2.75, 3.05) is 13.1 Å². The average Bonchev–Trinajstić information content (AvgIpc) is 3.08. The summed E-state index contributed by atoms with van der Waals surface area (Å²) in [6.07, 6.45) is 2.08. The van der Waals surface area contributed by atoms with Crippen molar-refractivity contribution in [1.29, 1.82) is 0 Å². The summed E-state index contributed by atoms with van der Waals surface area (Å²) in [7, 11) is 0. The third-order valence-electron chi connectivity index (χ3n) is 3.66. The van der Waals surface area contributed by atoms with Crippen LogP contribution < -0.4 is 0 Å². The van der Waals surface area contributed by atoms with Gasteiger partial charge in [-0.25, -0.2) is 4.39 Å². The van der Waals surface area contributed by atoms with Gasteiger partial charge in [-0.1, -0.05) is 12.1 Å². The van der Waals surface area contributed by atoms with Crippen molar-refractivity contribution < 1.29 is 14.3 Å². The van der Waals surface area contributed by atoms with Gasteiger partial charge in [-0.15, -0.1) is 0 Å². The summed E-state index contributed by atoms with van der Waals surface area (Å²) >= 11 is 0. The number of hydrogen-bond acceptors (Lipinski definition) is 2. The van der Waals surface area contributed by atoms with E-state index in [1.54, 1.807) is 12.1 Å². The number of carbonyl (C=O) groups excluding carboxylic acids is 1. The van der Waals surface area contributed by atoms with Crippen LogP contribution in [0, 0.1) is 11.7 Å². The summed E-state index contributed by atoms with van der Waals surface area (Å²) in [6.45, 7) is 0.676. The number of β-amino-alcohol motifs (C(OH)–C–C–N with tert-alkyl or cyclic N) is 1. The second-order valence-corrected chi connectivity index (χ2v) is 5.02. The van der Waals surface area contributed by atoms with Crippen LogP contribution in [0.3, 0.4) is 0 Å². The van der Waals surface area contributed by atoms with Gasteiger partial charge in [0.1, 0.15) is 11.4 Å². The first-order chi connectivity index (χ1) is 8.10. The van der Waals surface area contributed by atoms with Crippen LogP contribution in [0.25, 0.3) is 0 Å². The summed E-state index contributed by atoms with van der Waals surface area (Å²) in [5.41, 5.74) is -0.619. The second kappa shape index (κ2) is 3.53. The van der Waals surface area contributed by atoms with Crippen molar-refractivity contribution in [3.05, 3.63) is 35.6 Å². The zero-order valence-corrected chi connectivity index (χ0v) is 9.40. The van der Waals surface area contributed by atoms with Gasteiger partial charge in [-0.05, 0) is 30.9 Å². The predicted molar refractivity (Wildman–Crippen MR) is 60.0 cm³/mol. The number of amides is 1. The molecule has 1 saturated heterocycles. The number of aliphatic hydroxyl groups is 1. The molecule has 1 saturated carbocycles. The van der Waals surface area contributed by atoms with E-state index in [9.17, 15) is 14.3 Å². The Morgan fingerprint density at radius 3 is 2.59 bits per heavy atom. The minimum absolute atomic E-state index is 0.0883. The van der Waals surface area contributed by atoms with Gasteiger partial charge in [-0.2, -0.15) is 0 Å². The molecule has 0 aromatic heterocycles. The molecule has 90 valence electrons. The molecule has 2 fully saturated rings. The van der Waals surface area contributed by atoms with Gasteiger partial charge >= 0.3 is 0 Å². The Kier molecular flexibility index (Phi) is 2.23.